The van der Waals surface area contributed by atoms with E-state index >= 15 is 0 Å². The minimum atomic E-state index is -0.551. The number of carbonyl (C=O) groups is 1. The van der Waals surface area contributed by atoms with E-state index in [4.69, 9.17) is 25.8 Å². The summed E-state index contributed by atoms with van der Waals surface area (Å²) in [6.45, 7) is 0.416. The fourth-order valence-corrected chi connectivity index (χ4v) is 3.16. The third-order valence-corrected chi connectivity index (χ3v) is 4.70. The van der Waals surface area contributed by atoms with E-state index in [1.54, 1.807) is 24.3 Å². The molecule has 0 N–H and O–H groups in total. The van der Waals surface area contributed by atoms with Crippen LogP contribution >= 0.6 is 11.6 Å². The van der Waals surface area contributed by atoms with Crippen molar-refractivity contribution in [2.75, 3.05) is 7.11 Å². The van der Waals surface area contributed by atoms with Gasteiger partial charge in [0.2, 0.25) is 5.90 Å². The second-order valence-corrected chi connectivity index (χ2v) is 6.93. The Morgan fingerprint density at radius 3 is 2.57 bits per heavy atom. The summed E-state index contributed by atoms with van der Waals surface area (Å²) in [6, 6.07) is 22.3. The Hall–Kier alpha value is -3.57. The fraction of sp³-hybridized carbons (Fsp3) is 0.0833. The van der Waals surface area contributed by atoms with Crippen LogP contribution < -0.4 is 9.47 Å². The van der Waals surface area contributed by atoms with Gasteiger partial charge in [-0.2, -0.15) is 0 Å². The number of nitrogens with zero attached hydrogens (tertiary/aromatic N) is 1. The molecule has 5 nitrogen and oxygen atoms in total. The maximum atomic E-state index is 12.4. The number of cyclic esters (lactones) is 1. The van der Waals surface area contributed by atoms with Gasteiger partial charge in [-0.15, -0.1) is 0 Å². The lowest BCUT2D eigenvalue weighted by atomic mass is 10.1. The van der Waals surface area contributed by atoms with Gasteiger partial charge in [0.15, 0.2) is 5.70 Å². The lowest BCUT2D eigenvalue weighted by molar-refractivity contribution is -0.129. The van der Waals surface area contributed by atoms with Crippen LogP contribution in [0.25, 0.3) is 6.08 Å². The molecule has 3 aromatic carbocycles. The molecule has 0 amide bonds. The summed E-state index contributed by atoms with van der Waals surface area (Å²) in [7, 11) is 1.53. The molecule has 4 rings (SSSR count). The standard InChI is InChI=1S/C24H18ClNO4/c1-28-22-12-11-18(25)14-19(22)23-26-20(24(27)30-23)13-17-9-5-6-10-21(17)29-15-16-7-3-2-4-8-16/h2-14H,15H2,1H3/b20-13-. The third-order valence-electron chi connectivity index (χ3n) is 4.46. The van der Waals surface area contributed by atoms with Crippen LogP contribution in [0.15, 0.2) is 83.5 Å². The zero-order valence-electron chi connectivity index (χ0n) is 16.2. The fourth-order valence-electron chi connectivity index (χ4n) is 2.99. The highest BCUT2D eigenvalue weighted by atomic mass is 35.5. The van der Waals surface area contributed by atoms with Crippen molar-refractivity contribution in [3.63, 3.8) is 0 Å². The lowest BCUT2D eigenvalue weighted by Crippen LogP contribution is -2.07. The Morgan fingerprint density at radius 1 is 1.00 bits per heavy atom. The quantitative estimate of drug-likeness (QED) is 0.403. The average molecular weight is 420 g/mol. The first-order valence-electron chi connectivity index (χ1n) is 9.26. The van der Waals surface area contributed by atoms with E-state index in [0.29, 0.717) is 28.7 Å². The molecule has 0 radical (unpaired) electrons. The number of ether oxygens (including phenoxy) is 3. The maximum Gasteiger partial charge on any atom is 0.363 e. The molecule has 0 aliphatic carbocycles. The zero-order chi connectivity index (χ0) is 20.9. The topological polar surface area (TPSA) is 57.1 Å². The summed E-state index contributed by atoms with van der Waals surface area (Å²) in [5.41, 5.74) is 2.45. The SMILES string of the molecule is COc1ccc(Cl)cc1C1=N/C(=C\c2ccccc2OCc2ccccc2)C(=O)O1. The molecule has 1 heterocycles. The first-order valence-corrected chi connectivity index (χ1v) is 9.64. The first-order chi connectivity index (χ1) is 14.6. The van der Waals surface area contributed by atoms with Crippen molar-refractivity contribution < 1.29 is 19.0 Å². The second-order valence-electron chi connectivity index (χ2n) is 6.49. The summed E-state index contributed by atoms with van der Waals surface area (Å²) in [4.78, 5) is 16.8. The van der Waals surface area contributed by atoms with E-state index in [-0.39, 0.29) is 11.6 Å². The normalized spacial score (nSPS) is 14.4. The molecule has 30 heavy (non-hydrogen) atoms. The summed E-state index contributed by atoms with van der Waals surface area (Å²) < 4.78 is 16.6. The Kier molecular flexibility index (Phi) is 5.82. The van der Waals surface area contributed by atoms with Crippen molar-refractivity contribution in [2.24, 2.45) is 4.99 Å². The van der Waals surface area contributed by atoms with Crippen molar-refractivity contribution in [3.8, 4) is 11.5 Å². The van der Waals surface area contributed by atoms with E-state index in [2.05, 4.69) is 4.99 Å². The number of hydrogen-bond acceptors (Lipinski definition) is 5. The number of aliphatic imine (C=N–C) groups is 1. The van der Waals surface area contributed by atoms with Gasteiger partial charge < -0.3 is 14.2 Å². The number of esters is 1. The van der Waals surface area contributed by atoms with Crippen LogP contribution in [0.2, 0.25) is 5.02 Å². The Bertz CT molecular complexity index is 1140. The smallest absolute Gasteiger partial charge is 0.363 e. The highest BCUT2D eigenvalue weighted by Gasteiger charge is 2.27. The molecule has 150 valence electrons. The second kappa shape index (κ2) is 8.84. The van der Waals surface area contributed by atoms with Crippen LogP contribution in [0, 0.1) is 0 Å². The van der Waals surface area contributed by atoms with Gasteiger partial charge in [0.05, 0.1) is 12.7 Å². The molecule has 1 aliphatic rings. The Labute approximate surface area is 179 Å². The Balaban J connectivity index is 1.62. The van der Waals surface area contributed by atoms with Gasteiger partial charge in [-0.1, -0.05) is 60.1 Å². The van der Waals surface area contributed by atoms with Crippen molar-refractivity contribution in [3.05, 3.63) is 100 Å². The molecule has 1 aliphatic heterocycles. The average Bonchev–Trinajstić information content (AvgIpc) is 3.14. The van der Waals surface area contributed by atoms with Gasteiger partial charge in [-0.25, -0.2) is 9.79 Å². The third kappa shape index (κ3) is 4.36. The number of para-hydroxylation sites is 1. The molecule has 0 bridgehead atoms. The van der Waals surface area contributed by atoms with Gasteiger partial charge >= 0.3 is 5.97 Å². The predicted octanol–water partition coefficient (Wildman–Crippen LogP) is 5.27. The largest absolute Gasteiger partial charge is 0.496 e. The Morgan fingerprint density at radius 2 is 1.77 bits per heavy atom. The predicted molar refractivity (Wildman–Crippen MR) is 116 cm³/mol. The number of benzene rings is 3. The van der Waals surface area contributed by atoms with Crippen molar-refractivity contribution >= 4 is 29.5 Å². The number of hydrogen-bond donors (Lipinski definition) is 0. The summed E-state index contributed by atoms with van der Waals surface area (Å²) in [5, 5.41) is 0.488. The molecule has 0 aromatic heterocycles. The minimum Gasteiger partial charge on any atom is -0.496 e. The van der Waals surface area contributed by atoms with Gasteiger partial charge in [0.1, 0.15) is 18.1 Å². The van der Waals surface area contributed by atoms with E-state index in [9.17, 15) is 4.79 Å². The zero-order valence-corrected chi connectivity index (χ0v) is 16.9. The number of rotatable bonds is 6. The van der Waals surface area contributed by atoms with Crippen molar-refractivity contribution in [2.45, 2.75) is 6.61 Å². The molecule has 0 saturated heterocycles. The summed E-state index contributed by atoms with van der Waals surface area (Å²) in [6.07, 6.45) is 1.65. The van der Waals surface area contributed by atoms with Gasteiger partial charge in [-0.05, 0) is 35.9 Å². The molecular weight excluding hydrogens is 402 g/mol. The van der Waals surface area contributed by atoms with Crippen molar-refractivity contribution in [1.82, 2.24) is 0 Å². The van der Waals surface area contributed by atoms with Crippen LogP contribution in [0.3, 0.4) is 0 Å². The van der Waals surface area contributed by atoms with Gasteiger partial charge in [0.25, 0.3) is 0 Å². The van der Waals surface area contributed by atoms with Crippen LogP contribution in [0.5, 0.6) is 11.5 Å². The lowest BCUT2D eigenvalue weighted by Gasteiger charge is -2.09. The molecule has 0 spiro atoms. The van der Waals surface area contributed by atoms with Gasteiger partial charge in [0, 0.05) is 10.6 Å². The molecule has 3 aromatic rings. The molecule has 0 fully saturated rings. The van der Waals surface area contributed by atoms with Gasteiger partial charge in [-0.3, -0.25) is 0 Å². The van der Waals surface area contributed by atoms with Crippen LogP contribution in [-0.2, 0) is 16.1 Å². The molecule has 0 atom stereocenters. The maximum absolute atomic E-state index is 12.4. The number of carbonyl (C=O) groups excluding carboxylic acids is 1. The van der Waals surface area contributed by atoms with E-state index < -0.39 is 5.97 Å². The van der Waals surface area contributed by atoms with Crippen LogP contribution in [-0.4, -0.2) is 19.0 Å². The summed E-state index contributed by atoms with van der Waals surface area (Å²) >= 11 is 6.08. The minimum absolute atomic E-state index is 0.147. The van der Waals surface area contributed by atoms with Crippen LogP contribution in [0.4, 0.5) is 0 Å². The molecule has 6 heteroatoms. The van der Waals surface area contributed by atoms with E-state index in [1.165, 1.54) is 7.11 Å². The first kappa shape index (κ1) is 19.7. The van der Waals surface area contributed by atoms with Crippen LogP contribution in [0.1, 0.15) is 16.7 Å². The number of halogens is 1. The highest BCUT2D eigenvalue weighted by molar-refractivity contribution is 6.31. The molecule has 0 unspecified atom stereocenters. The molecular formula is C24H18ClNO4. The van der Waals surface area contributed by atoms with E-state index in [0.717, 1.165) is 11.1 Å². The van der Waals surface area contributed by atoms with Crippen molar-refractivity contribution in [1.29, 1.82) is 0 Å². The molecule has 0 saturated carbocycles. The highest BCUT2D eigenvalue weighted by Crippen LogP contribution is 2.29. The number of methoxy groups -OCH3 is 1. The monoisotopic (exact) mass is 419 g/mol. The van der Waals surface area contributed by atoms with E-state index in [1.807, 2.05) is 54.6 Å². The summed E-state index contributed by atoms with van der Waals surface area (Å²) in [5.74, 6) is 0.752.